The number of hydrogen-bond acceptors (Lipinski definition) is 0. The molecule has 1 nitrogen and oxygen atoms in total. The number of unbranched alkanes of at least 4 members (excludes halogenated alkanes) is 2. The molecule has 0 radical (unpaired) electrons. The molecule has 1 heteroatoms. The Labute approximate surface area is 93.5 Å². The van der Waals surface area contributed by atoms with E-state index in [1.807, 2.05) is 0 Å². The van der Waals surface area contributed by atoms with Crippen LogP contribution in [0.3, 0.4) is 0 Å². The van der Waals surface area contributed by atoms with Crippen molar-refractivity contribution < 1.29 is 4.57 Å². The van der Waals surface area contributed by atoms with Gasteiger partial charge in [-0.25, -0.2) is 4.57 Å². The smallest absolute Gasteiger partial charge is 0.201 e. The number of aryl methyl sites for hydroxylation is 1. The second-order valence-electron chi connectivity index (χ2n) is 3.97. The van der Waals surface area contributed by atoms with Gasteiger partial charge in [-0.2, -0.15) is 0 Å². The van der Waals surface area contributed by atoms with Crippen LogP contribution in [0.25, 0.3) is 5.57 Å². The van der Waals surface area contributed by atoms with Crippen molar-refractivity contribution >= 4 is 5.57 Å². The first-order valence-electron chi connectivity index (χ1n) is 5.89. The topological polar surface area (TPSA) is 3.88 Å². The SMILES string of the molecule is CC=C(CCCCC)c1cccc[n+]1C. The third-order valence-corrected chi connectivity index (χ3v) is 2.78. The molecule has 0 N–H and O–H groups in total. The summed E-state index contributed by atoms with van der Waals surface area (Å²) in [4.78, 5) is 0. The van der Waals surface area contributed by atoms with E-state index in [2.05, 4.69) is 55.9 Å². The van der Waals surface area contributed by atoms with Gasteiger partial charge in [0.15, 0.2) is 6.20 Å². The lowest BCUT2D eigenvalue weighted by Gasteiger charge is -2.04. The minimum atomic E-state index is 1.20. The first kappa shape index (κ1) is 12.0. The standard InChI is InChI=1S/C14H22N/c1-4-6-7-10-13(5-2)14-11-8-9-12-15(14)3/h5,8-9,11-12H,4,6-7,10H2,1-3H3/q+1. The van der Waals surface area contributed by atoms with Gasteiger partial charge in [-0.1, -0.05) is 25.8 Å². The van der Waals surface area contributed by atoms with Crippen molar-refractivity contribution in [3.8, 4) is 0 Å². The highest BCUT2D eigenvalue weighted by atomic mass is 14.9. The molecular formula is C14H22N+. The number of nitrogens with zero attached hydrogens (tertiary/aromatic N) is 1. The van der Waals surface area contributed by atoms with E-state index in [1.54, 1.807) is 0 Å². The molecule has 0 bridgehead atoms. The Bertz CT molecular complexity index is 326. The van der Waals surface area contributed by atoms with Gasteiger partial charge in [0.1, 0.15) is 7.05 Å². The number of pyridine rings is 1. The fourth-order valence-electron chi connectivity index (χ4n) is 1.84. The highest BCUT2D eigenvalue weighted by Gasteiger charge is 2.09. The molecule has 15 heavy (non-hydrogen) atoms. The third-order valence-electron chi connectivity index (χ3n) is 2.78. The molecule has 0 aliphatic rings. The van der Waals surface area contributed by atoms with Gasteiger partial charge in [0.2, 0.25) is 5.69 Å². The van der Waals surface area contributed by atoms with Gasteiger partial charge in [-0.05, 0) is 25.8 Å². The highest BCUT2D eigenvalue weighted by Crippen LogP contribution is 2.17. The van der Waals surface area contributed by atoms with Gasteiger partial charge >= 0.3 is 0 Å². The van der Waals surface area contributed by atoms with Crippen LogP contribution in [-0.2, 0) is 7.05 Å². The summed E-state index contributed by atoms with van der Waals surface area (Å²) < 4.78 is 2.20. The Morgan fingerprint density at radius 2 is 2.13 bits per heavy atom. The van der Waals surface area contributed by atoms with Crippen molar-refractivity contribution in [2.45, 2.75) is 39.5 Å². The van der Waals surface area contributed by atoms with Crippen LogP contribution in [0.2, 0.25) is 0 Å². The predicted molar refractivity (Wildman–Crippen MR) is 65.4 cm³/mol. The van der Waals surface area contributed by atoms with Crippen molar-refractivity contribution in [3.63, 3.8) is 0 Å². The zero-order valence-electron chi connectivity index (χ0n) is 10.2. The maximum Gasteiger partial charge on any atom is 0.207 e. The lowest BCUT2D eigenvalue weighted by molar-refractivity contribution is -0.673. The zero-order valence-corrected chi connectivity index (χ0v) is 10.2. The molecule has 1 heterocycles. The van der Waals surface area contributed by atoms with Gasteiger partial charge in [-0.3, -0.25) is 0 Å². The summed E-state index contributed by atoms with van der Waals surface area (Å²) in [6, 6.07) is 6.38. The van der Waals surface area contributed by atoms with Gasteiger partial charge < -0.3 is 0 Å². The van der Waals surface area contributed by atoms with Crippen LogP contribution in [0.15, 0.2) is 30.5 Å². The summed E-state index contributed by atoms with van der Waals surface area (Å²) in [5, 5.41) is 0. The molecule has 0 saturated heterocycles. The Morgan fingerprint density at radius 3 is 2.73 bits per heavy atom. The van der Waals surface area contributed by atoms with Gasteiger partial charge in [0.25, 0.3) is 0 Å². The molecule has 1 aromatic rings. The molecule has 0 aliphatic carbocycles. The lowest BCUT2D eigenvalue weighted by Crippen LogP contribution is -2.32. The molecule has 0 unspecified atom stereocenters. The molecule has 1 aromatic heterocycles. The zero-order chi connectivity index (χ0) is 11.1. The number of hydrogen-bond donors (Lipinski definition) is 0. The summed E-state index contributed by atoms with van der Waals surface area (Å²) >= 11 is 0. The van der Waals surface area contributed by atoms with Crippen LogP contribution in [0.1, 0.15) is 45.2 Å². The summed E-state index contributed by atoms with van der Waals surface area (Å²) in [5.74, 6) is 0. The Balaban J connectivity index is 2.71. The van der Waals surface area contributed by atoms with Crippen molar-refractivity contribution in [1.82, 2.24) is 0 Å². The lowest BCUT2D eigenvalue weighted by atomic mass is 10.0. The molecule has 0 fully saturated rings. The van der Waals surface area contributed by atoms with E-state index in [0.717, 1.165) is 0 Å². The Kier molecular flexibility index (Phi) is 5.09. The molecule has 0 aromatic carbocycles. The van der Waals surface area contributed by atoms with E-state index in [-0.39, 0.29) is 0 Å². The first-order valence-corrected chi connectivity index (χ1v) is 5.89. The van der Waals surface area contributed by atoms with Crippen molar-refractivity contribution in [2.75, 3.05) is 0 Å². The van der Waals surface area contributed by atoms with E-state index in [4.69, 9.17) is 0 Å². The Hall–Kier alpha value is -1.11. The molecule has 0 aliphatic heterocycles. The first-order chi connectivity index (χ1) is 7.29. The molecule has 0 amide bonds. The average molecular weight is 204 g/mol. The van der Waals surface area contributed by atoms with E-state index in [1.165, 1.54) is 37.0 Å². The van der Waals surface area contributed by atoms with Crippen LogP contribution in [0.4, 0.5) is 0 Å². The highest BCUT2D eigenvalue weighted by molar-refractivity contribution is 5.59. The molecular weight excluding hydrogens is 182 g/mol. The minimum Gasteiger partial charge on any atom is -0.201 e. The van der Waals surface area contributed by atoms with Crippen LogP contribution >= 0.6 is 0 Å². The number of aromatic nitrogens is 1. The van der Waals surface area contributed by atoms with Crippen LogP contribution < -0.4 is 4.57 Å². The largest absolute Gasteiger partial charge is 0.207 e. The Morgan fingerprint density at radius 1 is 1.33 bits per heavy atom. The molecule has 82 valence electrons. The van der Waals surface area contributed by atoms with Crippen LogP contribution in [-0.4, -0.2) is 0 Å². The summed E-state index contributed by atoms with van der Waals surface area (Å²) in [6.07, 6.45) is 9.46. The fourth-order valence-corrected chi connectivity index (χ4v) is 1.84. The van der Waals surface area contributed by atoms with Crippen molar-refractivity contribution in [3.05, 3.63) is 36.2 Å². The molecule has 0 saturated carbocycles. The third kappa shape index (κ3) is 3.50. The summed E-state index contributed by atoms with van der Waals surface area (Å²) in [7, 11) is 2.11. The minimum absolute atomic E-state index is 1.20. The molecule has 1 rings (SSSR count). The van der Waals surface area contributed by atoms with E-state index in [9.17, 15) is 0 Å². The van der Waals surface area contributed by atoms with Gasteiger partial charge in [0.05, 0.1) is 0 Å². The molecule has 0 atom stereocenters. The number of rotatable bonds is 5. The van der Waals surface area contributed by atoms with Gasteiger partial charge in [0, 0.05) is 17.7 Å². The van der Waals surface area contributed by atoms with Crippen molar-refractivity contribution in [2.24, 2.45) is 7.05 Å². The number of allylic oxidation sites excluding steroid dienone is 2. The normalized spacial score (nSPS) is 11.8. The summed E-state index contributed by atoms with van der Waals surface area (Å²) in [6.45, 7) is 4.38. The predicted octanol–water partition coefficient (Wildman–Crippen LogP) is 3.49. The van der Waals surface area contributed by atoms with E-state index < -0.39 is 0 Å². The monoisotopic (exact) mass is 204 g/mol. The maximum absolute atomic E-state index is 2.25. The second-order valence-corrected chi connectivity index (χ2v) is 3.97. The summed E-state index contributed by atoms with van der Waals surface area (Å²) in [5.41, 5.74) is 2.81. The second kappa shape index (κ2) is 6.39. The quantitative estimate of drug-likeness (QED) is 0.510. The average Bonchev–Trinajstić information content (AvgIpc) is 2.26. The van der Waals surface area contributed by atoms with Crippen LogP contribution in [0, 0.1) is 0 Å². The fraction of sp³-hybridized carbons (Fsp3) is 0.500. The van der Waals surface area contributed by atoms with Crippen LogP contribution in [0.5, 0.6) is 0 Å². The van der Waals surface area contributed by atoms with Gasteiger partial charge in [-0.15, -0.1) is 0 Å². The van der Waals surface area contributed by atoms with Crippen molar-refractivity contribution in [1.29, 1.82) is 0 Å². The van der Waals surface area contributed by atoms with E-state index >= 15 is 0 Å². The van der Waals surface area contributed by atoms with E-state index in [0.29, 0.717) is 0 Å². The maximum atomic E-state index is 2.25. The molecule has 0 spiro atoms.